The second-order valence-electron chi connectivity index (χ2n) is 15.5. The fraction of sp³-hybridized carbons (Fsp3) is 0.0741. The summed E-state index contributed by atoms with van der Waals surface area (Å²) >= 11 is 0. The number of benzene rings is 9. The van der Waals surface area contributed by atoms with E-state index in [0.29, 0.717) is 22.3 Å². The van der Waals surface area contributed by atoms with E-state index in [1.807, 2.05) is 121 Å². The molecule has 0 amide bonds. The van der Waals surface area contributed by atoms with Crippen LogP contribution in [0.4, 0.5) is 0 Å². The second kappa shape index (κ2) is 16.9. The number of rotatable bonds is 8. The highest BCUT2D eigenvalue weighted by molar-refractivity contribution is 7.79. The Kier molecular flexibility index (Phi) is 11.2. The Hall–Kier alpha value is -6.51. The normalized spacial score (nSPS) is 11.4. The number of aromatic hydroxyl groups is 1. The SMILES string of the molecule is C[N+](C)(C)Cc1ccccc1P(c1ccccc1)c1ccccc1.[O-]c1c(-c2ccccc2)cc2ccccc2c1-c1c(O)c(-c2ccccc2)cc2ccccc12. The molecule has 0 aliphatic heterocycles. The maximum absolute atomic E-state index is 14.1. The summed E-state index contributed by atoms with van der Waals surface area (Å²) in [7, 11) is 6.23. The van der Waals surface area contributed by atoms with Crippen LogP contribution in [0.5, 0.6) is 11.5 Å². The topological polar surface area (TPSA) is 43.3 Å². The van der Waals surface area contributed by atoms with Crippen LogP contribution in [-0.4, -0.2) is 30.7 Å². The third-order valence-electron chi connectivity index (χ3n) is 10.3. The Morgan fingerprint density at radius 2 is 0.879 bits per heavy atom. The molecule has 0 heterocycles. The molecule has 0 saturated carbocycles. The smallest absolute Gasteiger partial charge is 0.131 e. The van der Waals surface area contributed by atoms with Crippen molar-refractivity contribution in [3.05, 3.63) is 212 Å². The zero-order valence-corrected chi connectivity index (χ0v) is 34.0. The van der Waals surface area contributed by atoms with Crippen molar-refractivity contribution in [3.8, 4) is 44.9 Å². The molecule has 0 fully saturated rings. The molecule has 9 aromatic rings. The number of nitrogens with zero attached hydrogens (tertiary/aromatic N) is 1. The lowest BCUT2D eigenvalue weighted by atomic mass is 9.86. The van der Waals surface area contributed by atoms with Gasteiger partial charge >= 0.3 is 0 Å². The van der Waals surface area contributed by atoms with Gasteiger partial charge in [0, 0.05) is 16.7 Å². The average molecular weight is 772 g/mol. The molecule has 0 atom stereocenters. The first-order valence-electron chi connectivity index (χ1n) is 19.6. The van der Waals surface area contributed by atoms with Gasteiger partial charge in [0.25, 0.3) is 0 Å². The fourth-order valence-electron chi connectivity index (χ4n) is 7.79. The third kappa shape index (κ3) is 8.15. The standard InChI is InChI=1S/C32H22O2.C22H25NP/c33-31-27(21-11-3-1-4-12-21)19-23-15-7-9-17-25(23)29(31)30-26-18-10-8-16-24(26)20-28(32(30)34)22-13-5-2-6-14-22;1-23(2,3)18-19-12-10-11-17-22(19)24(20-13-6-4-7-14-20)21-15-8-5-9-16-21/h1-20,33-34H;4-17H,18H2,1-3H3/q;+1/p-1. The quantitative estimate of drug-likeness (QED) is 0.123. The van der Waals surface area contributed by atoms with Crippen molar-refractivity contribution in [2.24, 2.45) is 0 Å². The van der Waals surface area contributed by atoms with E-state index < -0.39 is 7.92 Å². The van der Waals surface area contributed by atoms with Gasteiger partial charge in [0.15, 0.2) is 0 Å². The van der Waals surface area contributed by atoms with E-state index in [0.717, 1.165) is 43.7 Å². The van der Waals surface area contributed by atoms with Crippen LogP contribution in [0.3, 0.4) is 0 Å². The predicted octanol–water partition coefficient (Wildman–Crippen LogP) is 11.4. The second-order valence-corrected chi connectivity index (χ2v) is 17.7. The van der Waals surface area contributed by atoms with E-state index in [4.69, 9.17) is 0 Å². The van der Waals surface area contributed by atoms with Crippen LogP contribution in [-0.2, 0) is 6.54 Å². The molecule has 284 valence electrons. The van der Waals surface area contributed by atoms with Crippen molar-refractivity contribution < 1.29 is 14.7 Å². The maximum atomic E-state index is 14.1. The first-order valence-corrected chi connectivity index (χ1v) is 21.0. The summed E-state index contributed by atoms with van der Waals surface area (Å²) in [5, 5.41) is 33.7. The molecule has 0 bridgehead atoms. The third-order valence-corrected chi connectivity index (χ3v) is 12.9. The van der Waals surface area contributed by atoms with Gasteiger partial charge in [-0.15, -0.1) is 0 Å². The molecule has 0 radical (unpaired) electrons. The lowest BCUT2D eigenvalue weighted by Crippen LogP contribution is -2.36. The lowest BCUT2D eigenvalue weighted by molar-refractivity contribution is -0.883. The van der Waals surface area contributed by atoms with Crippen LogP contribution in [0.1, 0.15) is 5.56 Å². The van der Waals surface area contributed by atoms with Crippen LogP contribution in [0.15, 0.2) is 206 Å². The summed E-state index contributed by atoms with van der Waals surface area (Å²) in [4.78, 5) is 0. The summed E-state index contributed by atoms with van der Waals surface area (Å²) in [6, 6.07) is 70.1. The summed E-state index contributed by atoms with van der Waals surface area (Å²) in [5.74, 6) is 0.0351. The first-order chi connectivity index (χ1) is 28.3. The molecule has 0 aromatic heterocycles. The molecular weight excluding hydrogens is 726 g/mol. The number of hydrogen-bond donors (Lipinski definition) is 1. The van der Waals surface area contributed by atoms with Gasteiger partial charge in [0.05, 0.1) is 21.1 Å². The monoisotopic (exact) mass is 771 g/mol. The Morgan fingerprint density at radius 1 is 0.466 bits per heavy atom. The average Bonchev–Trinajstić information content (AvgIpc) is 3.25. The minimum atomic E-state index is -0.530. The molecule has 9 rings (SSSR count). The van der Waals surface area contributed by atoms with Gasteiger partial charge in [-0.2, -0.15) is 0 Å². The van der Waals surface area contributed by atoms with Gasteiger partial charge < -0.3 is 14.7 Å². The van der Waals surface area contributed by atoms with Gasteiger partial charge in [-0.05, 0) is 79.8 Å². The van der Waals surface area contributed by atoms with Gasteiger partial charge in [-0.25, -0.2) is 0 Å². The number of hydrogen-bond acceptors (Lipinski definition) is 2. The van der Waals surface area contributed by atoms with E-state index in [1.165, 1.54) is 21.5 Å². The Bertz CT molecular complexity index is 2630. The molecule has 9 aromatic carbocycles. The van der Waals surface area contributed by atoms with Crippen LogP contribution in [0, 0.1) is 0 Å². The summed E-state index contributed by atoms with van der Waals surface area (Å²) in [6.07, 6.45) is 0. The van der Waals surface area contributed by atoms with Gasteiger partial charge in [-0.1, -0.05) is 200 Å². The number of phenolic OH excluding ortho intramolecular Hbond substituents is 1. The van der Waals surface area contributed by atoms with E-state index in [9.17, 15) is 10.2 Å². The zero-order chi connectivity index (χ0) is 40.1. The number of phenols is 1. The van der Waals surface area contributed by atoms with Gasteiger partial charge in [0.2, 0.25) is 0 Å². The van der Waals surface area contributed by atoms with Crippen LogP contribution < -0.4 is 21.0 Å². The van der Waals surface area contributed by atoms with E-state index in [1.54, 1.807) is 0 Å². The van der Waals surface area contributed by atoms with Crippen molar-refractivity contribution in [1.82, 2.24) is 0 Å². The first kappa shape index (κ1) is 38.4. The highest BCUT2D eigenvalue weighted by atomic mass is 31.1. The van der Waals surface area contributed by atoms with E-state index in [2.05, 4.69) is 106 Å². The molecule has 0 saturated heterocycles. The minimum Gasteiger partial charge on any atom is -0.872 e. The highest BCUT2D eigenvalue weighted by Gasteiger charge is 2.22. The molecule has 1 N–H and O–H groups in total. The molecule has 0 spiro atoms. The number of fused-ring (bicyclic) bond motifs is 2. The number of quaternary nitrogens is 1. The molecule has 0 aliphatic rings. The minimum absolute atomic E-state index is 0.0874. The predicted molar refractivity (Wildman–Crippen MR) is 246 cm³/mol. The molecule has 58 heavy (non-hydrogen) atoms. The van der Waals surface area contributed by atoms with Gasteiger partial charge in [-0.3, -0.25) is 0 Å². The fourth-order valence-corrected chi connectivity index (χ4v) is 10.3. The van der Waals surface area contributed by atoms with E-state index >= 15 is 0 Å². The molecule has 0 unspecified atom stereocenters. The van der Waals surface area contributed by atoms with Crippen molar-refractivity contribution in [2.75, 3.05) is 21.1 Å². The van der Waals surface area contributed by atoms with Crippen LogP contribution in [0.25, 0.3) is 54.9 Å². The largest absolute Gasteiger partial charge is 0.872 e. The summed E-state index contributed by atoms with van der Waals surface area (Å²) < 4.78 is 0.934. The van der Waals surface area contributed by atoms with Crippen molar-refractivity contribution >= 4 is 45.4 Å². The lowest BCUT2D eigenvalue weighted by Gasteiger charge is -2.28. The molecule has 0 aliphatic carbocycles. The summed E-state index contributed by atoms with van der Waals surface area (Å²) in [6.45, 7) is 1.04. The van der Waals surface area contributed by atoms with Crippen LogP contribution >= 0.6 is 7.92 Å². The molecule has 4 heteroatoms. The summed E-state index contributed by atoms with van der Waals surface area (Å²) in [5.41, 5.74) is 5.67. The maximum Gasteiger partial charge on any atom is 0.131 e. The Morgan fingerprint density at radius 3 is 1.41 bits per heavy atom. The Labute approximate surface area is 343 Å². The Balaban J connectivity index is 0.000000173. The highest BCUT2D eigenvalue weighted by Crippen LogP contribution is 2.50. The van der Waals surface area contributed by atoms with Crippen molar-refractivity contribution in [1.29, 1.82) is 0 Å². The van der Waals surface area contributed by atoms with Gasteiger partial charge in [0.1, 0.15) is 12.3 Å². The molecule has 3 nitrogen and oxygen atoms in total. The zero-order valence-electron chi connectivity index (χ0n) is 33.1. The van der Waals surface area contributed by atoms with Crippen molar-refractivity contribution in [2.45, 2.75) is 6.54 Å². The van der Waals surface area contributed by atoms with Crippen LogP contribution in [0.2, 0.25) is 0 Å². The van der Waals surface area contributed by atoms with E-state index in [-0.39, 0.29) is 11.5 Å². The molecular formula is C54H46NO2P. The van der Waals surface area contributed by atoms with Crippen molar-refractivity contribution in [3.63, 3.8) is 0 Å².